The molecule has 1 atom stereocenters. The van der Waals surface area contributed by atoms with E-state index in [1.165, 1.54) is 5.56 Å². The van der Waals surface area contributed by atoms with Crippen LogP contribution in [0.3, 0.4) is 0 Å². The molecule has 2 rings (SSSR count). The van der Waals surface area contributed by atoms with Gasteiger partial charge in [-0.05, 0) is 24.6 Å². The average molecular weight is 256 g/mol. The molecule has 0 spiro atoms. The van der Waals surface area contributed by atoms with Crippen LogP contribution < -0.4 is 5.32 Å². The fourth-order valence-corrected chi connectivity index (χ4v) is 2.30. The Balaban J connectivity index is 2.14. The van der Waals surface area contributed by atoms with E-state index in [-0.39, 0.29) is 0 Å². The van der Waals surface area contributed by atoms with Gasteiger partial charge in [-0.1, -0.05) is 34.1 Å². The van der Waals surface area contributed by atoms with Gasteiger partial charge in [0.25, 0.3) is 0 Å². The minimum Gasteiger partial charge on any atom is -0.388 e. The third-order valence-electron chi connectivity index (χ3n) is 2.70. The van der Waals surface area contributed by atoms with E-state index < -0.39 is 5.60 Å². The largest absolute Gasteiger partial charge is 0.388 e. The topological polar surface area (TPSA) is 32.3 Å². The summed E-state index contributed by atoms with van der Waals surface area (Å²) in [5.41, 5.74) is 0.628. The maximum atomic E-state index is 10.2. The summed E-state index contributed by atoms with van der Waals surface area (Å²) in [6, 6.07) is 8.07. The molecule has 2 nitrogen and oxygen atoms in total. The van der Waals surface area contributed by atoms with Crippen molar-refractivity contribution in [1.82, 2.24) is 5.32 Å². The summed E-state index contributed by atoms with van der Waals surface area (Å²) in [6.07, 6.45) is 1.57. The number of hydrogen-bond acceptors (Lipinski definition) is 2. The Morgan fingerprint density at radius 1 is 1.43 bits per heavy atom. The van der Waals surface area contributed by atoms with Gasteiger partial charge in [-0.15, -0.1) is 0 Å². The number of benzene rings is 1. The smallest absolute Gasteiger partial charge is 0.0824 e. The maximum Gasteiger partial charge on any atom is 0.0824 e. The Bertz CT molecular complexity index is 321. The van der Waals surface area contributed by atoms with Crippen LogP contribution in [0.1, 0.15) is 12.0 Å². The molecule has 1 fully saturated rings. The molecule has 0 aliphatic carbocycles. The fraction of sp³-hybridized carbons (Fsp3) is 0.455. The standard InChI is InChI=1S/C11H14BrNO/c12-10-4-2-1-3-9(10)7-11(14)5-6-13-8-11/h1-4,13-14H,5-8H2. The van der Waals surface area contributed by atoms with E-state index in [2.05, 4.69) is 27.3 Å². The van der Waals surface area contributed by atoms with E-state index in [1.54, 1.807) is 0 Å². The first-order valence-corrected chi connectivity index (χ1v) is 5.65. The lowest BCUT2D eigenvalue weighted by atomic mass is 9.94. The zero-order valence-corrected chi connectivity index (χ0v) is 9.55. The van der Waals surface area contributed by atoms with Crippen LogP contribution in [-0.4, -0.2) is 23.8 Å². The summed E-state index contributed by atoms with van der Waals surface area (Å²) in [5.74, 6) is 0. The van der Waals surface area contributed by atoms with Gasteiger partial charge in [-0.3, -0.25) is 0 Å². The van der Waals surface area contributed by atoms with Gasteiger partial charge in [0.15, 0.2) is 0 Å². The molecule has 76 valence electrons. The van der Waals surface area contributed by atoms with Crippen LogP contribution in [0.5, 0.6) is 0 Å². The van der Waals surface area contributed by atoms with Crippen molar-refractivity contribution in [2.45, 2.75) is 18.4 Å². The van der Waals surface area contributed by atoms with E-state index in [0.717, 1.165) is 23.9 Å². The average Bonchev–Trinajstić information content (AvgIpc) is 2.57. The quantitative estimate of drug-likeness (QED) is 0.844. The van der Waals surface area contributed by atoms with Gasteiger partial charge in [-0.2, -0.15) is 0 Å². The number of halogens is 1. The predicted molar refractivity (Wildman–Crippen MR) is 60.3 cm³/mol. The SMILES string of the molecule is OC1(Cc2ccccc2Br)CCNC1. The van der Waals surface area contributed by atoms with Gasteiger partial charge in [0.2, 0.25) is 0 Å². The van der Waals surface area contributed by atoms with Crippen LogP contribution in [0.2, 0.25) is 0 Å². The van der Waals surface area contributed by atoms with Gasteiger partial charge in [0, 0.05) is 17.4 Å². The van der Waals surface area contributed by atoms with E-state index in [1.807, 2.05) is 18.2 Å². The number of β-amino-alcohol motifs (C(OH)–C–C–N with tert-alkyl or cyclic N) is 1. The van der Waals surface area contributed by atoms with Crippen LogP contribution in [0.25, 0.3) is 0 Å². The molecule has 0 amide bonds. The van der Waals surface area contributed by atoms with Crippen molar-refractivity contribution in [3.05, 3.63) is 34.3 Å². The van der Waals surface area contributed by atoms with E-state index >= 15 is 0 Å². The van der Waals surface area contributed by atoms with Gasteiger partial charge >= 0.3 is 0 Å². The highest BCUT2D eigenvalue weighted by Crippen LogP contribution is 2.25. The number of hydrogen-bond donors (Lipinski definition) is 2. The summed E-state index contributed by atoms with van der Waals surface area (Å²) in [6.45, 7) is 1.62. The second-order valence-corrected chi connectivity index (χ2v) is 4.77. The second kappa shape index (κ2) is 4.01. The Kier molecular flexibility index (Phi) is 2.91. The maximum absolute atomic E-state index is 10.2. The second-order valence-electron chi connectivity index (χ2n) is 3.92. The molecule has 0 radical (unpaired) electrons. The van der Waals surface area contributed by atoms with Crippen molar-refractivity contribution in [2.75, 3.05) is 13.1 Å². The summed E-state index contributed by atoms with van der Waals surface area (Å²) < 4.78 is 1.08. The fourth-order valence-electron chi connectivity index (χ4n) is 1.88. The lowest BCUT2D eigenvalue weighted by molar-refractivity contribution is 0.0617. The Morgan fingerprint density at radius 2 is 2.21 bits per heavy atom. The van der Waals surface area contributed by atoms with Crippen LogP contribution in [0.15, 0.2) is 28.7 Å². The predicted octanol–water partition coefficient (Wildman–Crippen LogP) is 1.72. The molecule has 1 aromatic rings. The van der Waals surface area contributed by atoms with Crippen LogP contribution >= 0.6 is 15.9 Å². The summed E-state index contributed by atoms with van der Waals surface area (Å²) in [5, 5.41) is 13.4. The van der Waals surface area contributed by atoms with Crippen molar-refractivity contribution in [3.8, 4) is 0 Å². The van der Waals surface area contributed by atoms with Gasteiger partial charge in [0.1, 0.15) is 0 Å². The zero-order valence-electron chi connectivity index (χ0n) is 7.96. The number of aliphatic hydroxyl groups is 1. The highest BCUT2D eigenvalue weighted by Gasteiger charge is 2.31. The molecule has 0 bridgehead atoms. The summed E-state index contributed by atoms with van der Waals surface area (Å²) in [7, 11) is 0. The van der Waals surface area contributed by atoms with Crippen molar-refractivity contribution in [2.24, 2.45) is 0 Å². The van der Waals surface area contributed by atoms with Crippen LogP contribution in [0, 0.1) is 0 Å². The number of rotatable bonds is 2. The summed E-state index contributed by atoms with van der Waals surface area (Å²) in [4.78, 5) is 0. The highest BCUT2D eigenvalue weighted by molar-refractivity contribution is 9.10. The van der Waals surface area contributed by atoms with E-state index in [9.17, 15) is 5.11 Å². The van der Waals surface area contributed by atoms with Crippen LogP contribution in [0.4, 0.5) is 0 Å². The summed E-state index contributed by atoms with van der Waals surface area (Å²) >= 11 is 3.50. The minimum absolute atomic E-state index is 0.552. The molecule has 1 unspecified atom stereocenters. The molecule has 2 N–H and O–H groups in total. The Labute approximate surface area is 92.5 Å². The number of nitrogens with one attached hydrogen (secondary N) is 1. The van der Waals surface area contributed by atoms with E-state index in [0.29, 0.717) is 6.54 Å². The first-order chi connectivity index (χ1) is 6.70. The van der Waals surface area contributed by atoms with Gasteiger partial charge in [-0.25, -0.2) is 0 Å². The molecule has 0 saturated carbocycles. The van der Waals surface area contributed by atoms with Crippen molar-refractivity contribution < 1.29 is 5.11 Å². The lowest BCUT2D eigenvalue weighted by Crippen LogP contribution is -2.33. The third-order valence-corrected chi connectivity index (χ3v) is 3.47. The molecule has 1 heterocycles. The molecular formula is C11H14BrNO. The van der Waals surface area contributed by atoms with Crippen molar-refractivity contribution in [1.29, 1.82) is 0 Å². The van der Waals surface area contributed by atoms with Gasteiger partial charge in [0.05, 0.1) is 5.60 Å². The van der Waals surface area contributed by atoms with Crippen molar-refractivity contribution >= 4 is 15.9 Å². The molecule has 14 heavy (non-hydrogen) atoms. The Morgan fingerprint density at radius 3 is 2.86 bits per heavy atom. The minimum atomic E-state index is -0.552. The van der Waals surface area contributed by atoms with E-state index in [4.69, 9.17) is 0 Å². The van der Waals surface area contributed by atoms with Gasteiger partial charge < -0.3 is 10.4 Å². The molecule has 3 heteroatoms. The van der Waals surface area contributed by atoms with Crippen LogP contribution in [-0.2, 0) is 6.42 Å². The monoisotopic (exact) mass is 255 g/mol. The normalized spacial score (nSPS) is 26.7. The van der Waals surface area contributed by atoms with Crippen molar-refractivity contribution in [3.63, 3.8) is 0 Å². The molecule has 1 saturated heterocycles. The zero-order chi connectivity index (χ0) is 10.0. The lowest BCUT2D eigenvalue weighted by Gasteiger charge is -2.21. The molecule has 1 aliphatic heterocycles. The molecule has 0 aromatic heterocycles. The Hall–Kier alpha value is -0.380. The molecule has 1 aromatic carbocycles. The third kappa shape index (κ3) is 2.16. The molecular weight excluding hydrogens is 242 g/mol. The first kappa shape index (κ1) is 10.1. The molecule has 1 aliphatic rings. The highest BCUT2D eigenvalue weighted by atomic mass is 79.9. The first-order valence-electron chi connectivity index (χ1n) is 4.86.